The minimum atomic E-state index is -1.24. The molecule has 6 heteroatoms. The number of amides is 1. The van der Waals surface area contributed by atoms with Crippen LogP contribution in [0.1, 0.15) is 51.4 Å². The smallest absolute Gasteiger partial charge is 0.255 e. The summed E-state index contributed by atoms with van der Waals surface area (Å²) in [6.45, 7) is 3.36. The van der Waals surface area contributed by atoms with E-state index in [1.807, 2.05) is 21.8 Å². The molecule has 1 atom stereocenters. The van der Waals surface area contributed by atoms with Gasteiger partial charge in [-0.2, -0.15) is 5.10 Å². The summed E-state index contributed by atoms with van der Waals surface area (Å²) in [5.41, 5.74) is -1.24. The van der Waals surface area contributed by atoms with Gasteiger partial charge >= 0.3 is 0 Å². The Morgan fingerprint density at radius 2 is 2.08 bits per heavy atom. The maximum Gasteiger partial charge on any atom is 0.255 e. The van der Waals surface area contributed by atoms with Gasteiger partial charge in [-0.25, -0.2) is 0 Å². The average molecular weight is 348 g/mol. The van der Waals surface area contributed by atoms with Gasteiger partial charge in [-0.15, -0.1) is 0 Å². The summed E-state index contributed by atoms with van der Waals surface area (Å²) < 4.78 is 1.84. The molecule has 1 unspecified atom stereocenters. The van der Waals surface area contributed by atoms with Gasteiger partial charge in [0.05, 0.1) is 6.54 Å². The van der Waals surface area contributed by atoms with Crippen molar-refractivity contribution in [3.05, 3.63) is 18.5 Å². The number of carbonyl (C=O) groups excluding carboxylic acids is 1. The minimum Gasteiger partial charge on any atom is -0.379 e. The number of nitrogens with one attached hydrogen (secondary N) is 1. The molecule has 0 aromatic carbocycles. The van der Waals surface area contributed by atoms with Crippen molar-refractivity contribution < 1.29 is 9.90 Å². The molecule has 2 heterocycles. The van der Waals surface area contributed by atoms with E-state index in [9.17, 15) is 9.90 Å². The first-order chi connectivity index (χ1) is 12.2. The lowest BCUT2D eigenvalue weighted by Crippen LogP contribution is -2.58. The predicted octanol–water partition coefficient (Wildman–Crippen LogP) is 1.80. The molecule has 3 rings (SSSR count). The Balaban J connectivity index is 1.42. The quantitative estimate of drug-likeness (QED) is 0.703. The Labute approximate surface area is 150 Å². The van der Waals surface area contributed by atoms with E-state index in [4.69, 9.17) is 0 Å². The van der Waals surface area contributed by atoms with Gasteiger partial charge in [0.1, 0.15) is 0 Å². The van der Waals surface area contributed by atoms with Crippen LogP contribution in [0.15, 0.2) is 18.5 Å². The third kappa shape index (κ3) is 5.05. The summed E-state index contributed by atoms with van der Waals surface area (Å²) in [7, 11) is 0. The summed E-state index contributed by atoms with van der Waals surface area (Å²) in [6.07, 6.45) is 12.8. The second kappa shape index (κ2) is 8.81. The maximum atomic E-state index is 12.8. The Kier molecular flexibility index (Phi) is 6.48. The molecule has 2 fully saturated rings. The molecule has 2 aliphatic rings. The lowest BCUT2D eigenvalue weighted by molar-refractivity contribution is -0.156. The Bertz CT molecular complexity index is 528. The number of nitrogens with zero attached hydrogens (tertiary/aromatic N) is 3. The molecule has 1 amide bonds. The number of carbonyl (C=O) groups is 1. The van der Waals surface area contributed by atoms with Crippen LogP contribution in [0.4, 0.5) is 0 Å². The van der Waals surface area contributed by atoms with E-state index in [1.165, 1.54) is 32.1 Å². The summed E-state index contributed by atoms with van der Waals surface area (Å²) in [4.78, 5) is 14.7. The third-order valence-corrected chi connectivity index (χ3v) is 5.73. The van der Waals surface area contributed by atoms with Crippen molar-refractivity contribution in [1.82, 2.24) is 20.0 Å². The van der Waals surface area contributed by atoms with Crippen LogP contribution in [0.5, 0.6) is 0 Å². The predicted molar refractivity (Wildman–Crippen MR) is 97.1 cm³/mol. The van der Waals surface area contributed by atoms with E-state index < -0.39 is 5.60 Å². The zero-order chi connectivity index (χ0) is 17.5. The molecule has 1 aliphatic heterocycles. The summed E-state index contributed by atoms with van der Waals surface area (Å²) in [5.74, 6) is 0.685. The van der Waals surface area contributed by atoms with Crippen LogP contribution in [-0.4, -0.2) is 57.5 Å². The summed E-state index contributed by atoms with van der Waals surface area (Å²) >= 11 is 0. The van der Waals surface area contributed by atoms with Crippen molar-refractivity contribution in [2.45, 2.75) is 63.5 Å². The highest BCUT2D eigenvalue weighted by Crippen LogP contribution is 2.28. The van der Waals surface area contributed by atoms with Gasteiger partial charge in [-0.3, -0.25) is 9.48 Å². The molecular weight excluding hydrogens is 316 g/mol. The zero-order valence-electron chi connectivity index (χ0n) is 15.2. The monoisotopic (exact) mass is 348 g/mol. The van der Waals surface area contributed by atoms with Gasteiger partial charge in [0.2, 0.25) is 0 Å². The van der Waals surface area contributed by atoms with Gasteiger partial charge in [0, 0.05) is 38.6 Å². The average Bonchev–Trinajstić information content (AvgIpc) is 3.15. The highest BCUT2D eigenvalue weighted by Gasteiger charge is 2.41. The molecule has 1 aromatic rings. The molecule has 1 aromatic heterocycles. The van der Waals surface area contributed by atoms with E-state index in [0.29, 0.717) is 19.5 Å². The molecule has 0 spiro atoms. The van der Waals surface area contributed by atoms with Crippen molar-refractivity contribution in [2.24, 2.45) is 5.92 Å². The topological polar surface area (TPSA) is 70.4 Å². The van der Waals surface area contributed by atoms with Crippen molar-refractivity contribution >= 4 is 5.91 Å². The first-order valence-electron chi connectivity index (χ1n) is 9.87. The van der Waals surface area contributed by atoms with E-state index in [0.717, 1.165) is 38.4 Å². The van der Waals surface area contributed by atoms with Gasteiger partial charge < -0.3 is 15.3 Å². The Morgan fingerprint density at radius 1 is 1.24 bits per heavy atom. The summed E-state index contributed by atoms with van der Waals surface area (Å²) in [5, 5.41) is 18.2. The van der Waals surface area contributed by atoms with Crippen LogP contribution in [0.2, 0.25) is 0 Å². The number of rotatable bonds is 8. The number of likely N-dealkylation sites (tertiary alicyclic amines) is 1. The molecule has 2 N–H and O–H groups in total. The van der Waals surface area contributed by atoms with Gasteiger partial charge in [0.25, 0.3) is 5.91 Å². The van der Waals surface area contributed by atoms with Gasteiger partial charge in [0.15, 0.2) is 5.60 Å². The fraction of sp³-hybridized carbons (Fsp3) is 0.789. The molecule has 6 nitrogen and oxygen atoms in total. The number of piperidine rings is 1. The molecule has 1 aliphatic carbocycles. The van der Waals surface area contributed by atoms with Gasteiger partial charge in [-0.05, 0) is 31.2 Å². The van der Waals surface area contributed by atoms with E-state index in [2.05, 4.69) is 10.4 Å². The van der Waals surface area contributed by atoms with Crippen LogP contribution >= 0.6 is 0 Å². The maximum absolute atomic E-state index is 12.8. The molecule has 25 heavy (non-hydrogen) atoms. The first kappa shape index (κ1) is 18.4. The van der Waals surface area contributed by atoms with Crippen LogP contribution < -0.4 is 5.32 Å². The van der Waals surface area contributed by atoms with Crippen molar-refractivity contribution in [2.75, 3.05) is 26.2 Å². The number of aliphatic hydroxyl groups is 1. The van der Waals surface area contributed by atoms with Gasteiger partial charge in [-0.1, -0.05) is 32.1 Å². The Morgan fingerprint density at radius 3 is 2.84 bits per heavy atom. The third-order valence-electron chi connectivity index (χ3n) is 5.73. The second-order valence-electron chi connectivity index (χ2n) is 7.67. The second-order valence-corrected chi connectivity index (χ2v) is 7.67. The molecule has 1 saturated heterocycles. The largest absolute Gasteiger partial charge is 0.379 e. The van der Waals surface area contributed by atoms with Crippen LogP contribution in [0.25, 0.3) is 0 Å². The highest BCUT2D eigenvalue weighted by atomic mass is 16.3. The summed E-state index contributed by atoms with van der Waals surface area (Å²) in [6, 6.07) is 1.89. The van der Waals surface area contributed by atoms with Crippen LogP contribution in [0, 0.1) is 5.92 Å². The normalized spacial score (nSPS) is 25.5. The van der Waals surface area contributed by atoms with E-state index in [-0.39, 0.29) is 5.91 Å². The van der Waals surface area contributed by atoms with Crippen molar-refractivity contribution in [3.8, 4) is 0 Å². The van der Waals surface area contributed by atoms with Crippen molar-refractivity contribution in [3.63, 3.8) is 0 Å². The molecule has 0 radical (unpaired) electrons. The minimum absolute atomic E-state index is 0.0823. The number of hydrogen-bond donors (Lipinski definition) is 2. The SMILES string of the molecule is O=C1N(CCC2CCCCC2)CCCC1(O)CNCCn1cccn1. The number of aromatic nitrogens is 2. The standard InChI is InChI=1S/C19H32N4O2/c24-18-19(25,16-20-11-15-23-13-5-10-21-23)9-4-12-22(18)14-8-17-6-2-1-3-7-17/h5,10,13,17,20,25H,1-4,6-9,11-12,14-16H2. The molecule has 0 bridgehead atoms. The molecule has 1 saturated carbocycles. The molecular formula is C19H32N4O2. The fourth-order valence-electron chi connectivity index (χ4n) is 4.18. The van der Waals surface area contributed by atoms with E-state index in [1.54, 1.807) is 6.20 Å². The lowest BCUT2D eigenvalue weighted by atomic mass is 9.86. The molecule has 140 valence electrons. The van der Waals surface area contributed by atoms with Crippen LogP contribution in [-0.2, 0) is 11.3 Å². The van der Waals surface area contributed by atoms with Crippen LogP contribution in [0.3, 0.4) is 0 Å². The fourth-order valence-corrected chi connectivity index (χ4v) is 4.18. The zero-order valence-corrected chi connectivity index (χ0v) is 15.2. The highest BCUT2D eigenvalue weighted by molar-refractivity contribution is 5.86. The first-order valence-corrected chi connectivity index (χ1v) is 9.87. The number of hydrogen-bond acceptors (Lipinski definition) is 4. The van der Waals surface area contributed by atoms with Crippen molar-refractivity contribution in [1.29, 1.82) is 0 Å². The lowest BCUT2D eigenvalue weighted by Gasteiger charge is -2.39. The Hall–Kier alpha value is -1.40. The van der Waals surface area contributed by atoms with E-state index >= 15 is 0 Å².